The molecule has 0 aliphatic rings. The highest BCUT2D eigenvalue weighted by Crippen LogP contribution is 2.20. The van der Waals surface area contributed by atoms with Crippen molar-refractivity contribution < 1.29 is 22.8 Å². The lowest BCUT2D eigenvalue weighted by atomic mass is 9.91. The summed E-state index contributed by atoms with van der Waals surface area (Å²) in [7, 11) is 3.16. The van der Waals surface area contributed by atoms with Gasteiger partial charge in [0.2, 0.25) is 5.91 Å². The highest BCUT2D eigenvalue weighted by atomic mass is 19.4. The summed E-state index contributed by atoms with van der Waals surface area (Å²) in [5.74, 6) is -2.75. The van der Waals surface area contributed by atoms with Gasteiger partial charge >= 0.3 is 12.1 Å². The highest BCUT2D eigenvalue weighted by molar-refractivity contribution is 5.82. The van der Waals surface area contributed by atoms with Crippen LogP contribution in [0.2, 0.25) is 0 Å². The summed E-state index contributed by atoms with van der Waals surface area (Å²) < 4.78 is 37.9. The molecule has 0 unspecified atom stereocenters. The summed E-state index contributed by atoms with van der Waals surface area (Å²) in [6, 6.07) is 8.05. The third-order valence-corrected chi connectivity index (χ3v) is 3.73. The molecule has 0 aliphatic carbocycles. The summed E-state index contributed by atoms with van der Waals surface area (Å²) >= 11 is 0. The first-order valence-corrected chi connectivity index (χ1v) is 7.88. The van der Waals surface area contributed by atoms with E-state index in [1.54, 1.807) is 50.5 Å². The number of carbonyl (C=O) groups excluding carboxylic acids is 2. The first-order valence-electron chi connectivity index (χ1n) is 7.88. The van der Waals surface area contributed by atoms with Crippen LogP contribution in [0.3, 0.4) is 0 Å². The Morgan fingerprint density at radius 3 is 2.32 bits per heavy atom. The van der Waals surface area contributed by atoms with Crippen molar-refractivity contribution in [3.8, 4) is 0 Å². The standard InChI is InChI=1S/C18H23F3N2O2/c1-4-8-14(16(24)23(2)3)12-15(22-17(25)18(19,20)21)11-13-9-6-5-7-10-13/h4-7,9-10,14-15H,1,8,11-12H2,2-3H3,(H,22,25)/t14-,15-/m0/s1. The summed E-state index contributed by atoms with van der Waals surface area (Å²) in [6.45, 7) is 3.60. The van der Waals surface area contributed by atoms with Crippen LogP contribution in [-0.2, 0) is 16.0 Å². The molecule has 0 radical (unpaired) electrons. The molecule has 1 N–H and O–H groups in total. The van der Waals surface area contributed by atoms with Gasteiger partial charge in [-0.15, -0.1) is 6.58 Å². The number of hydrogen-bond donors (Lipinski definition) is 1. The van der Waals surface area contributed by atoms with Gasteiger partial charge in [0, 0.05) is 26.1 Å². The van der Waals surface area contributed by atoms with Gasteiger partial charge in [-0.1, -0.05) is 36.4 Å². The fourth-order valence-electron chi connectivity index (χ4n) is 2.57. The third-order valence-electron chi connectivity index (χ3n) is 3.73. The molecule has 1 aromatic carbocycles. The minimum atomic E-state index is -4.96. The van der Waals surface area contributed by atoms with Crippen LogP contribution in [0.1, 0.15) is 18.4 Å². The van der Waals surface area contributed by atoms with E-state index in [2.05, 4.69) is 6.58 Å². The van der Waals surface area contributed by atoms with Crippen LogP contribution in [0.15, 0.2) is 43.0 Å². The van der Waals surface area contributed by atoms with E-state index < -0.39 is 24.0 Å². The number of benzene rings is 1. The van der Waals surface area contributed by atoms with Crippen molar-refractivity contribution in [2.45, 2.75) is 31.5 Å². The SMILES string of the molecule is C=CC[C@@H](C[C@H](Cc1ccccc1)NC(=O)C(F)(F)F)C(=O)N(C)C. The number of nitrogens with zero attached hydrogens (tertiary/aromatic N) is 1. The summed E-state index contributed by atoms with van der Waals surface area (Å²) in [5.41, 5.74) is 0.782. The molecular weight excluding hydrogens is 333 g/mol. The van der Waals surface area contributed by atoms with Crippen LogP contribution >= 0.6 is 0 Å². The second-order valence-corrected chi connectivity index (χ2v) is 6.05. The maximum absolute atomic E-state index is 12.6. The number of amides is 2. The molecular formula is C18H23F3N2O2. The van der Waals surface area contributed by atoms with E-state index in [-0.39, 0.29) is 18.7 Å². The van der Waals surface area contributed by atoms with Crippen molar-refractivity contribution in [3.63, 3.8) is 0 Å². The van der Waals surface area contributed by atoms with Gasteiger partial charge in [0.25, 0.3) is 0 Å². The Labute approximate surface area is 145 Å². The van der Waals surface area contributed by atoms with Gasteiger partial charge in [-0.25, -0.2) is 0 Å². The molecule has 0 aromatic heterocycles. The Hall–Kier alpha value is -2.31. The van der Waals surface area contributed by atoms with Crippen molar-refractivity contribution in [1.82, 2.24) is 10.2 Å². The van der Waals surface area contributed by atoms with Gasteiger partial charge in [0.05, 0.1) is 0 Å². The van der Waals surface area contributed by atoms with E-state index in [9.17, 15) is 22.8 Å². The first kappa shape index (κ1) is 20.7. The molecule has 0 spiro atoms. The number of alkyl halides is 3. The van der Waals surface area contributed by atoms with Crippen LogP contribution in [-0.4, -0.2) is 43.0 Å². The summed E-state index contributed by atoms with van der Waals surface area (Å²) in [4.78, 5) is 25.0. The minimum Gasteiger partial charge on any atom is -0.349 e. The lowest BCUT2D eigenvalue weighted by Gasteiger charge is -2.26. The summed E-state index contributed by atoms with van der Waals surface area (Å²) in [6.07, 6.45) is -2.79. The predicted octanol–water partition coefficient (Wildman–Crippen LogP) is 2.95. The quantitative estimate of drug-likeness (QED) is 0.728. The van der Waals surface area contributed by atoms with Crippen LogP contribution in [0.25, 0.3) is 0 Å². The second kappa shape index (κ2) is 9.25. The average Bonchev–Trinajstić information content (AvgIpc) is 2.53. The molecule has 0 aliphatic heterocycles. The number of nitrogens with one attached hydrogen (secondary N) is 1. The number of allylic oxidation sites excluding steroid dienone is 1. The normalized spacial score (nSPS) is 13.6. The topological polar surface area (TPSA) is 49.4 Å². The van der Waals surface area contributed by atoms with Gasteiger partial charge in [-0.2, -0.15) is 13.2 Å². The first-order chi connectivity index (χ1) is 11.6. The van der Waals surface area contributed by atoms with Crippen LogP contribution in [0.5, 0.6) is 0 Å². The molecule has 2 amide bonds. The lowest BCUT2D eigenvalue weighted by Crippen LogP contribution is -2.46. The van der Waals surface area contributed by atoms with Crippen LogP contribution in [0.4, 0.5) is 13.2 Å². The zero-order valence-electron chi connectivity index (χ0n) is 14.3. The third kappa shape index (κ3) is 6.99. The van der Waals surface area contributed by atoms with Crippen molar-refractivity contribution in [2.24, 2.45) is 5.92 Å². The van der Waals surface area contributed by atoms with E-state index in [1.807, 2.05) is 5.32 Å². The maximum Gasteiger partial charge on any atom is 0.471 e. The van der Waals surface area contributed by atoms with Gasteiger partial charge in [-0.05, 0) is 24.8 Å². The molecule has 7 heteroatoms. The van der Waals surface area contributed by atoms with Crippen molar-refractivity contribution in [3.05, 3.63) is 48.6 Å². The van der Waals surface area contributed by atoms with Gasteiger partial charge in [0.15, 0.2) is 0 Å². The summed E-state index contributed by atoms with van der Waals surface area (Å²) in [5, 5.41) is 2.02. The lowest BCUT2D eigenvalue weighted by molar-refractivity contribution is -0.174. The van der Waals surface area contributed by atoms with E-state index in [0.717, 1.165) is 5.56 Å². The number of hydrogen-bond acceptors (Lipinski definition) is 2. The van der Waals surface area contributed by atoms with E-state index in [0.29, 0.717) is 6.42 Å². The van der Waals surface area contributed by atoms with E-state index >= 15 is 0 Å². The molecule has 0 saturated carbocycles. The molecule has 0 bridgehead atoms. The Morgan fingerprint density at radius 1 is 1.24 bits per heavy atom. The van der Waals surface area contributed by atoms with Gasteiger partial charge in [0.1, 0.15) is 0 Å². The molecule has 0 heterocycles. The molecule has 138 valence electrons. The van der Waals surface area contributed by atoms with Crippen LogP contribution in [0, 0.1) is 5.92 Å². The van der Waals surface area contributed by atoms with Crippen molar-refractivity contribution >= 4 is 11.8 Å². The van der Waals surface area contributed by atoms with Crippen LogP contribution < -0.4 is 5.32 Å². The van der Waals surface area contributed by atoms with E-state index in [1.165, 1.54) is 4.90 Å². The zero-order chi connectivity index (χ0) is 19.0. The van der Waals surface area contributed by atoms with Gasteiger partial charge in [-0.3, -0.25) is 9.59 Å². The largest absolute Gasteiger partial charge is 0.471 e. The average molecular weight is 356 g/mol. The predicted molar refractivity (Wildman–Crippen MR) is 89.7 cm³/mol. The van der Waals surface area contributed by atoms with Crippen molar-refractivity contribution in [1.29, 1.82) is 0 Å². The van der Waals surface area contributed by atoms with E-state index in [4.69, 9.17) is 0 Å². The minimum absolute atomic E-state index is 0.0970. The molecule has 1 rings (SSSR count). The number of carbonyl (C=O) groups is 2. The molecule has 1 aromatic rings. The van der Waals surface area contributed by atoms with Gasteiger partial charge < -0.3 is 10.2 Å². The monoisotopic (exact) mass is 356 g/mol. The Balaban J connectivity index is 2.96. The molecule has 0 saturated heterocycles. The molecule has 0 fully saturated rings. The fraction of sp³-hybridized carbons (Fsp3) is 0.444. The molecule has 25 heavy (non-hydrogen) atoms. The number of rotatable bonds is 8. The second-order valence-electron chi connectivity index (χ2n) is 6.05. The number of halogens is 3. The Bertz CT molecular complexity index is 586. The molecule has 4 nitrogen and oxygen atoms in total. The fourth-order valence-corrected chi connectivity index (χ4v) is 2.57. The smallest absolute Gasteiger partial charge is 0.349 e. The van der Waals surface area contributed by atoms with Crippen molar-refractivity contribution in [2.75, 3.05) is 14.1 Å². The Morgan fingerprint density at radius 2 is 1.84 bits per heavy atom. The maximum atomic E-state index is 12.6. The zero-order valence-corrected chi connectivity index (χ0v) is 14.3. The molecule has 2 atom stereocenters. The Kier molecular flexibility index (Phi) is 7.67. The highest BCUT2D eigenvalue weighted by Gasteiger charge is 2.40.